The Morgan fingerprint density at radius 2 is 2.27 bits per heavy atom. The van der Waals surface area contributed by atoms with Gasteiger partial charge in [-0.15, -0.1) is 0 Å². The number of carbonyl (C=O) groups excluding carboxylic acids is 1. The summed E-state index contributed by atoms with van der Waals surface area (Å²) >= 11 is 0. The number of furan rings is 1. The van der Waals surface area contributed by atoms with Crippen molar-refractivity contribution in [2.75, 3.05) is 0 Å². The molecule has 3 heterocycles. The van der Waals surface area contributed by atoms with Gasteiger partial charge in [-0.3, -0.25) is 4.79 Å². The molecule has 0 unspecified atom stereocenters. The summed E-state index contributed by atoms with van der Waals surface area (Å²) in [5.41, 5.74) is 1.77. The summed E-state index contributed by atoms with van der Waals surface area (Å²) in [5.74, 6) is 1.32. The second kappa shape index (κ2) is 5.02. The van der Waals surface area contributed by atoms with E-state index in [4.69, 9.17) is 4.42 Å². The molecule has 0 radical (unpaired) electrons. The zero-order chi connectivity index (χ0) is 15.1. The fourth-order valence-electron chi connectivity index (χ4n) is 3.05. The molecule has 4 rings (SSSR count). The van der Waals surface area contributed by atoms with E-state index >= 15 is 0 Å². The number of amides is 1. The van der Waals surface area contributed by atoms with Crippen molar-refractivity contribution in [1.82, 2.24) is 14.9 Å². The maximum Gasteiger partial charge on any atom is 0.287 e. The molecule has 0 fully saturated rings. The summed E-state index contributed by atoms with van der Waals surface area (Å²) in [6, 6.07) is 9.55. The molecule has 1 aliphatic heterocycles. The second-order valence-corrected chi connectivity index (χ2v) is 5.81. The second-order valence-electron chi connectivity index (χ2n) is 5.81. The minimum absolute atomic E-state index is 0.113. The smallest absolute Gasteiger partial charge is 0.287 e. The minimum Gasteiger partial charge on any atom is -0.451 e. The van der Waals surface area contributed by atoms with Crippen LogP contribution in [0.25, 0.3) is 11.0 Å². The fourth-order valence-corrected chi connectivity index (χ4v) is 3.05. The maximum absolute atomic E-state index is 12.4. The Balaban J connectivity index is 1.50. The lowest BCUT2D eigenvalue weighted by Gasteiger charge is -2.24. The third-order valence-corrected chi connectivity index (χ3v) is 4.10. The van der Waals surface area contributed by atoms with Crippen LogP contribution in [0.2, 0.25) is 0 Å². The van der Waals surface area contributed by atoms with Crippen molar-refractivity contribution in [1.29, 1.82) is 0 Å². The first-order valence-electron chi connectivity index (χ1n) is 7.51. The van der Waals surface area contributed by atoms with E-state index in [1.807, 2.05) is 37.4 Å². The number of hydrogen-bond donors (Lipinski definition) is 1. The number of imidazole rings is 1. The summed E-state index contributed by atoms with van der Waals surface area (Å²) < 4.78 is 7.74. The van der Waals surface area contributed by atoms with Gasteiger partial charge in [-0.25, -0.2) is 4.98 Å². The number of rotatable bonds is 2. The number of aryl methyl sites for hydroxylation is 2. The standard InChI is InChI=1S/C17H17N3O2/c1-11-9-20-10-13(6-7-16(20)18-11)19-17(21)15-8-12-4-2-3-5-14(12)22-15/h2-5,8-9,13H,6-7,10H2,1H3,(H,19,21)/t13-/m0/s1. The Morgan fingerprint density at radius 1 is 1.41 bits per heavy atom. The fraction of sp³-hybridized carbons (Fsp3) is 0.294. The van der Waals surface area contributed by atoms with Crippen molar-refractivity contribution < 1.29 is 9.21 Å². The minimum atomic E-state index is -0.151. The number of aromatic nitrogens is 2. The molecule has 5 heteroatoms. The predicted molar refractivity (Wildman–Crippen MR) is 82.8 cm³/mol. The maximum atomic E-state index is 12.4. The Hall–Kier alpha value is -2.56. The van der Waals surface area contributed by atoms with E-state index in [1.54, 1.807) is 6.07 Å². The largest absolute Gasteiger partial charge is 0.451 e. The number of para-hydroxylation sites is 1. The van der Waals surface area contributed by atoms with Crippen LogP contribution in [0.15, 0.2) is 40.9 Å². The Labute approximate surface area is 127 Å². The van der Waals surface area contributed by atoms with E-state index in [1.165, 1.54) is 0 Å². The quantitative estimate of drug-likeness (QED) is 0.790. The zero-order valence-corrected chi connectivity index (χ0v) is 12.4. The summed E-state index contributed by atoms with van der Waals surface area (Å²) in [6.07, 6.45) is 3.83. The molecule has 0 bridgehead atoms. The van der Waals surface area contributed by atoms with E-state index in [2.05, 4.69) is 14.9 Å². The number of fused-ring (bicyclic) bond motifs is 2. The molecule has 1 atom stereocenters. The average Bonchev–Trinajstić information content (AvgIpc) is 3.08. The van der Waals surface area contributed by atoms with Gasteiger partial charge in [-0.05, 0) is 25.5 Å². The van der Waals surface area contributed by atoms with Gasteiger partial charge in [0.2, 0.25) is 0 Å². The van der Waals surface area contributed by atoms with Crippen molar-refractivity contribution in [3.8, 4) is 0 Å². The van der Waals surface area contributed by atoms with E-state index in [-0.39, 0.29) is 11.9 Å². The lowest BCUT2D eigenvalue weighted by Crippen LogP contribution is -2.40. The van der Waals surface area contributed by atoms with Gasteiger partial charge in [0.05, 0.1) is 5.69 Å². The number of hydrogen-bond acceptors (Lipinski definition) is 3. The lowest BCUT2D eigenvalue weighted by molar-refractivity contribution is 0.0901. The lowest BCUT2D eigenvalue weighted by atomic mass is 10.1. The van der Waals surface area contributed by atoms with Crippen LogP contribution in [0.4, 0.5) is 0 Å². The van der Waals surface area contributed by atoms with Crippen LogP contribution >= 0.6 is 0 Å². The van der Waals surface area contributed by atoms with Crippen LogP contribution in [0.5, 0.6) is 0 Å². The van der Waals surface area contributed by atoms with E-state index < -0.39 is 0 Å². The first-order valence-corrected chi connectivity index (χ1v) is 7.51. The van der Waals surface area contributed by atoms with Gasteiger partial charge in [-0.2, -0.15) is 0 Å². The van der Waals surface area contributed by atoms with Crippen LogP contribution in [-0.2, 0) is 13.0 Å². The molecule has 1 amide bonds. The highest BCUT2D eigenvalue weighted by atomic mass is 16.3. The molecule has 5 nitrogen and oxygen atoms in total. The third kappa shape index (κ3) is 2.28. The first kappa shape index (κ1) is 13.1. The zero-order valence-electron chi connectivity index (χ0n) is 12.4. The first-order chi connectivity index (χ1) is 10.7. The predicted octanol–water partition coefficient (Wildman–Crippen LogP) is 2.68. The summed E-state index contributed by atoms with van der Waals surface area (Å²) in [4.78, 5) is 16.9. The molecule has 112 valence electrons. The van der Waals surface area contributed by atoms with Gasteiger partial charge >= 0.3 is 0 Å². The number of nitrogens with one attached hydrogen (secondary N) is 1. The number of nitrogens with zero attached hydrogens (tertiary/aromatic N) is 2. The van der Waals surface area contributed by atoms with Gasteiger partial charge in [-0.1, -0.05) is 18.2 Å². The molecule has 22 heavy (non-hydrogen) atoms. The molecular weight excluding hydrogens is 278 g/mol. The van der Waals surface area contributed by atoms with Gasteiger partial charge < -0.3 is 14.3 Å². The topological polar surface area (TPSA) is 60.1 Å². The number of carbonyl (C=O) groups is 1. The normalized spacial score (nSPS) is 17.4. The Morgan fingerprint density at radius 3 is 3.14 bits per heavy atom. The van der Waals surface area contributed by atoms with Crippen molar-refractivity contribution in [2.24, 2.45) is 0 Å². The molecule has 0 saturated carbocycles. The van der Waals surface area contributed by atoms with Crippen molar-refractivity contribution >= 4 is 16.9 Å². The highest BCUT2D eigenvalue weighted by molar-refractivity contribution is 5.96. The highest BCUT2D eigenvalue weighted by Gasteiger charge is 2.23. The summed E-state index contributed by atoms with van der Waals surface area (Å²) in [5, 5.41) is 4.01. The Bertz CT molecular complexity index is 814. The van der Waals surface area contributed by atoms with Crippen LogP contribution in [0.1, 0.15) is 28.5 Å². The van der Waals surface area contributed by atoms with E-state index in [0.717, 1.165) is 41.9 Å². The van der Waals surface area contributed by atoms with Crippen LogP contribution in [0.3, 0.4) is 0 Å². The molecular formula is C17H17N3O2. The molecule has 1 aliphatic rings. The van der Waals surface area contributed by atoms with Gasteiger partial charge in [0.25, 0.3) is 5.91 Å². The van der Waals surface area contributed by atoms with E-state index in [0.29, 0.717) is 5.76 Å². The van der Waals surface area contributed by atoms with E-state index in [9.17, 15) is 4.79 Å². The molecule has 1 N–H and O–H groups in total. The molecule has 0 saturated heterocycles. The average molecular weight is 295 g/mol. The van der Waals surface area contributed by atoms with Crippen LogP contribution in [0, 0.1) is 6.92 Å². The molecule has 3 aromatic rings. The van der Waals surface area contributed by atoms with Gasteiger partial charge in [0.1, 0.15) is 11.4 Å². The SMILES string of the molecule is Cc1cn2c(n1)CC[C@H](NC(=O)c1cc3ccccc3o1)C2. The Kier molecular flexibility index (Phi) is 2.99. The summed E-state index contributed by atoms with van der Waals surface area (Å²) in [7, 11) is 0. The van der Waals surface area contributed by atoms with Gasteiger partial charge in [0, 0.05) is 30.6 Å². The highest BCUT2D eigenvalue weighted by Crippen LogP contribution is 2.20. The number of benzene rings is 1. The van der Waals surface area contributed by atoms with Crippen molar-refractivity contribution in [2.45, 2.75) is 32.4 Å². The van der Waals surface area contributed by atoms with Crippen LogP contribution < -0.4 is 5.32 Å². The third-order valence-electron chi connectivity index (χ3n) is 4.10. The van der Waals surface area contributed by atoms with Gasteiger partial charge in [0.15, 0.2) is 5.76 Å². The summed E-state index contributed by atoms with van der Waals surface area (Å²) in [6.45, 7) is 2.76. The molecule has 2 aromatic heterocycles. The van der Waals surface area contributed by atoms with Crippen molar-refractivity contribution in [3.05, 3.63) is 53.8 Å². The van der Waals surface area contributed by atoms with Crippen molar-refractivity contribution in [3.63, 3.8) is 0 Å². The molecule has 0 aliphatic carbocycles. The van der Waals surface area contributed by atoms with Crippen LogP contribution in [-0.4, -0.2) is 21.5 Å². The monoisotopic (exact) mass is 295 g/mol. The molecule has 1 aromatic carbocycles. The molecule has 0 spiro atoms.